The number of thioether (sulfide) groups is 1. The largest absolute Gasteiger partial charge is 0.416 e. The molecule has 0 atom stereocenters. The molecule has 0 heterocycles. The van der Waals surface area contributed by atoms with E-state index in [2.05, 4.69) is 16.2 Å². The van der Waals surface area contributed by atoms with Crippen LogP contribution in [0.2, 0.25) is 0 Å². The van der Waals surface area contributed by atoms with Crippen LogP contribution in [0.25, 0.3) is 0 Å². The highest BCUT2D eigenvalue weighted by Crippen LogP contribution is 2.34. The lowest BCUT2D eigenvalue weighted by molar-refractivity contribution is -0.384. The minimum absolute atomic E-state index is 0.115. The average molecular weight is 368 g/mol. The summed E-state index contributed by atoms with van der Waals surface area (Å²) in [6, 6.07) is 2.20. The molecule has 128 valence electrons. The molecule has 0 saturated heterocycles. The smallest absolute Gasteiger partial charge is 0.361 e. The first-order valence-corrected chi connectivity index (χ1v) is 8.20. The standard InChI is InChI=1S/C12H15F3N4O2S2/c1-23-6-2-5-16-11(22)18-17-9-4-3-8(12(13,14)15)7-10(9)19(20)21/h3-4,7,17H,2,5-6H2,1H3,(H2,16,18,22). The van der Waals surface area contributed by atoms with E-state index >= 15 is 0 Å². The zero-order valence-electron chi connectivity index (χ0n) is 12.1. The molecule has 3 N–H and O–H groups in total. The van der Waals surface area contributed by atoms with Gasteiger partial charge in [-0.15, -0.1) is 0 Å². The van der Waals surface area contributed by atoms with Crippen molar-refractivity contribution < 1.29 is 18.1 Å². The highest BCUT2D eigenvalue weighted by atomic mass is 32.2. The Bertz CT molecular complexity index is 570. The predicted molar refractivity (Wildman–Crippen MR) is 88.5 cm³/mol. The van der Waals surface area contributed by atoms with Gasteiger partial charge in [0.15, 0.2) is 5.11 Å². The van der Waals surface area contributed by atoms with Gasteiger partial charge in [-0.25, -0.2) is 0 Å². The molecule has 0 spiro atoms. The molecule has 0 bridgehead atoms. The third-order valence-corrected chi connectivity index (χ3v) is 3.59. The van der Waals surface area contributed by atoms with Crippen molar-refractivity contribution in [3.63, 3.8) is 0 Å². The number of anilines is 1. The van der Waals surface area contributed by atoms with Crippen molar-refractivity contribution in [2.75, 3.05) is 24.0 Å². The molecule has 11 heteroatoms. The number of nitro groups is 1. The van der Waals surface area contributed by atoms with Crippen molar-refractivity contribution in [2.24, 2.45) is 0 Å². The topological polar surface area (TPSA) is 79.2 Å². The van der Waals surface area contributed by atoms with Crippen LogP contribution < -0.4 is 16.2 Å². The summed E-state index contributed by atoms with van der Waals surface area (Å²) in [5, 5.41) is 14.0. The molecule has 0 aromatic heterocycles. The van der Waals surface area contributed by atoms with Crippen molar-refractivity contribution >= 4 is 40.5 Å². The van der Waals surface area contributed by atoms with Crippen molar-refractivity contribution in [3.05, 3.63) is 33.9 Å². The van der Waals surface area contributed by atoms with Gasteiger partial charge in [-0.05, 0) is 42.8 Å². The highest BCUT2D eigenvalue weighted by Gasteiger charge is 2.33. The number of hydrazine groups is 1. The van der Waals surface area contributed by atoms with Crippen LogP contribution >= 0.6 is 24.0 Å². The van der Waals surface area contributed by atoms with Gasteiger partial charge in [0, 0.05) is 12.6 Å². The lowest BCUT2D eigenvalue weighted by atomic mass is 10.1. The van der Waals surface area contributed by atoms with E-state index in [0.29, 0.717) is 12.6 Å². The molecule has 0 aliphatic heterocycles. The number of hydrogen-bond donors (Lipinski definition) is 3. The Hall–Kier alpha value is -1.75. The minimum Gasteiger partial charge on any atom is -0.361 e. The maximum absolute atomic E-state index is 12.6. The van der Waals surface area contributed by atoms with Gasteiger partial charge in [-0.1, -0.05) is 0 Å². The molecule has 0 aliphatic carbocycles. The Kier molecular flexibility index (Phi) is 7.36. The zero-order valence-corrected chi connectivity index (χ0v) is 13.7. The predicted octanol–water partition coefficient (Wildman–Crippen LogP) is 3.16. The van der Waals surface area contributed by atoms with E-state index in [0.717, 1.165) is 24.3 Å². The fourth-order valence-corrected chi connectivity index (χ4v) is 2.14. The maximum Gasteiger partial charge on any atom is 0.416 e. The quantitative estimate of drug-likeness (QED) is 0.295. The summed E-state index contributed by atoms with van der Waals surface area (Å²) >= 11 is 6.64. The summed E-state index contributed by atoms with van der Waals surface area (Å²) in [5.74, 6) is 0.952. The number of nitro benzene ring substituents is 1. The number of halogens is 3. The monoisotopic (exact) mass is 368 g/mol. The molecule has 0 amide bonds. The van der Waals surface area contributed by atoms with Crippen molar-refractivity contribution in [1.29, 1.82) is 0 Å². The molecule has 0 saturated carbocycles. The molecule has 23 heavy (non-hydrogen) atoms. The second-order valence-electron chi connectivity index (χ2n) is 4.34. The molecular formula is C12H15F3N4O2S2. The first-order valence-electron chi connectivity index (χ1n) is 6.40. The second kappa shape index (κ2) is 8.77. The molecule has 0 radical (unpaired) electrons. The zero-order chi connectivity index (χ0) is 17.5. The Morgan fingerprint density at radius 3 is 2.70 bits per heavy atom. The van der Waals surface area contributed by atoms with Gasteiger partial charge in [-0.2, -0.15) is 24.9 Å². The van der Waals surface area contributed by atoms with Crippen LogP contribution in [0.15, 0.2) is 18.2 Å². The number of alkyl halides is 3. The number of benzene rings is 1. The summed E-state index contributed by atoms with van der Waals surface area (Å²) < 4.78 is 37.8. The van der Waals surface area contributed by atoms with E-state index in [1.54, 1.807) is 11.8 Å². The highest BCUT2D eigenvalue weighted by molar-refractivity contribution is 7.98. The van der Waals surface area contributed by atoms with Gasteiger partial charge in [-0.3, -0.25) is 21.0 Å². The van der Waals surface area contributed by atoms with Crippen LogP contribution in [0.1, 0.15) is 12.0 Å². The van der Waals surface area contributed by atoms with Gasteiger partial charge in [0.1, 0.15) is 5.69 Å². The van der Waals surface area contributed by atoms with Crippen molar-refractivity contribution in [2.45, 2.75) is 12.6 Å². The number of nitrogens with zero attached hydrogens (tertiary/aromatic N) is 1. The molecule has 0 fully saturated rings. The molecular weight excluding hydrogens is 353 g/mol. The average Bonchev–Trinajstić information content (AvgIpc) is 2.48. The second-order valence-corrected chi connectivity index (χ2v) is 5.73. The normalized spacial score (nSPS) is 11.0. The van der Waals surface area contributed by atoms with E-state index < -0.39 is 22.4 Å². The summed E-state index contributed by atoms with van der Waals surface area (Å²) in [5.41, 5.74) is 3.05. The third-order valence-electron chi connectivity index (χ3n) is 2.64. The van der Waals surface area contributed by atoms with Crippen molar-refractivity contribution in [3.8, 4) is 0 Å². The lowest BCUT2D eigenvalue weighted by Gasteiger charge is -2.13. The fraction of sp³-hybridized carbons (Fsp3) is 0.417. The molecule has 0 unspecified atom stereocenters. The Labute approximate surface area is 140 Å². The van der Waals surface area contributed by atoms with Gasteiger partial charge >= 0.3 is 6.18 Å². The van der Waals surface area contributed by atoms with Crippen molar-refractivity contribution in [1.82, 2.24) is 10.7 Å². The van der Waals surface area contributed by atoms with Crippen LogP contribution in [-0.4, -0.2) is 28.6 Å². The molecule has 1 rings (SSSR count). The van der Waals surface area contributed by atoms with Gasteiger partial charge in [0.05, 0.1) is 10.5 Å². The first-order chi connectivity index (χ1) is 10.8. The Balaban J connectivity index is 2.69. The first kappa shape index (κ1) is 19.3. The summed E-state index contributed by atoms with van der Waals surface area (Å²) in [4.78, 5) is 10.0. The summed E-state index contributed by atoms with van der Waals surface area (Å²) in [6.45, 7) is 0.615. The molecule has 6 nitrogen and oxygen atoms in total. The van der Waals surface area contributed by atoms with Gasteiger partial charge < -0.3 is 5.32 Å². The van der Waals surface area contributed by atoms with Gasteiger partial charge in [0.2, 0.25) is 0 Å². The number of nitrogens with one attached hydrogen (secondary N) is 3. The van der Waals surface area contributed by atoms with Crippen LogP contribution in [0.3, 0.4) is 0 Å². The number of rotatable bonds is 7. The molecule has 1 aromatic carbocycles. The Morgan fingerprint density at radius 2 is 2.13 bits per heavy atom. The summed E-state index contributed by atoms with van der Waals surface area (Å²) in [6.07, 6.45) is -1.80. The minimum atomic E-state index is -4.65. The lowest BCUT2D eigenvalue weighted by Crippen LogP contribution is -2.39. The van der Waals surface area contributed by atoms with Gasteiger partial charge in [0.25, 0.3) is 5.69 Å². The molecule has 1 aromatic rings. The summed E-state index contributed by atoms with van der Waals surface area (Å²) in [7, 11) is 0. The van der Waals surface area contributed by atoms with Crippen LogP contribution in [-0.2, 0) is 6.18 Å². The Morgan fingerprint density at radius 1 is 1.43 bits per heavy atom. The van der Waals surface area contributed by atoms with Crippen LogP contribution in [0.4, 0.5) is 24.5 Å². The van der Waals surface area contributed by atoms with E-state index in [1.807, 2.05) is 6.26 Å². The fourth-order valence-electron chi connectivity index (χ4n) is 1.55. The van der Waals surface area contributed by atoms with E-state index in [1.165, 1.54) is 0 Å². The van der Waals surface area contributed by atoms with E-state index in [9.17, 15) is 23.3 Å². The number of thiocarbonyl (C=S) groups is 1. The third kappa shape index (κ3) is 6.48. The SMILES string of the molecule is CSCCCNC(=S)NNc1ccc(C(F)(F)F)cc1[N+](=O)[O-]. The van der Waals surface area contributed by atoms with E-state index in [-0.39, 0.29) is 10.8 Å². The molecule has 0 aliphatic rings. The maximum atomic E-state index is 12.6. The van der Waals surface area contributed by atoms with Crippen LogP contribution in [0, 0.1) is 10.1 Å². The van der Waals surface area contributed by atoms with E-state index in [4.69, 9.17) is 12.2 Å². The van der Waals surface area contributed by atoms with Crippen LogP contribution in [0.5, 0.6) is 0 Å². The number of hydrogen-bond acceptors (Lipinski definition) is 5.